The number of nitrogen functional groups attached to an aromatic ring is 2. The average Bonchev–Trinajstić information content (AvgIpc) is 1.97. The van der Waals surface area contributed by atoms with Gasteiger partial charge in [0.05, 0.1) is 0 Å². The molecule has 4 nitrogen and oxygen atoms in total. The van der Waals surface area contributed by atoms with Gasteiger partial charge in [0.2, 0.25) is 0 Å². The highest BCUT2D eigenvalue weighted by Crippen LogP contribution is 2.32. The van der Waals surface area contributed by atoms with Crippen LogP contribution in [0.5, 0.6) is 0 Å². The first kappa shape index (κ1) is 12.7. The quantitative estimate of drug-likeness (QED) is 0.705. The van der Waals surface area contributed by atoms with Crippen LogP contribution in [-0.4, -0.2) is 9.97 Å². The van der Waals surface area contributed by atoms with E-state index in [1.807, 2.05) is 20.8 Å². The van der Waals surface area contributed by atoms with Crippen LogP contribution in [0.25, 0.3) is 0 Å². The number of nitrogens with two attached hydrogens (primary N) is 2. The Balaban J connectivity index is 3.41. The molecule has 0 radical (unpaired) electrons. The highest BCUT2D eigenvalue weighted by Gasteiger charge is 2.26. The van der Waals surface area contributed by atoms with E-state index >= 15 is 0 Å². The molecule has 0 atom stereocenters. The van der Waals surface area contributed by atoms with Gasteiger partial charge in [-0.3, -0.25) is 0 Å². The van der Waals surface area contributed by atoms with Crippen LogP contribution in [0.2, 0.25) is 0 Å². The molecule has 0 amide bonds. The van der Waals surface area contributed by atoms with Gasteiger partial charge in [0.15, 0.2) is 0 Å². The van der Waals surface area contributed by atoms with Crippen LogP contribution in [0, 0.1) is 0 Å². The molecule has 0 saturated heterocycles. The zero-order valence-electron chi connectivity index (χ0n) is 11.0. The first-order chi connectivity index (χ1) is 7.03. The molecule has 1 aromatic heterocycles. The van der Waals surface area contributed by atoms with Crippen molar-refractivity contribution in [2.75, 3.05) is 11.5 Å². The Morgan fingerprint density at radius 2 is 1.12 bits per heavy atom. The fourth-order valence-corrected chi connectivity index (χ4v) is 1.60. The smallest absolute Gasteiger partial charge is 0.138 e. The summed E-state index contributed by atoms with van der Waals surface area (Å²) in [6.45, 7) is 12.3. The van der Waals surface area contributed by atoms with Gasteiger partial charge in [-0.25, -0.2) is 9.97 Å². The molecule has 0 aliphatic rings. The number of aromatic nitrogens is 2. The fraction of sp³-hybridized carbons (Fsp3) is 0.667. The van der Waals surface area contributed by atoms with Crippen LogP contribution in [-0.2, 0) is 10.8 Å². The van der Waals surface area contributed by atoms with Crippen LogP contribution < -0.4 is 11.5 Å². The second-order valence-electron chi connectivity index (χ2n) is 6.19. The summed E-state index contributed by atoms with van der Waals surface area (Å²) in [5.41, 5.74) is 12.5. The van der Waals surface area contributed by atoms with E-state index < -0.39 is 0 Å². The SMILES string of the molecule is CC(C)(C)c1nc(N)c(C(C)(C)C)c(N)n1. The largest absolute Gasteiger partial charge is 0.383 e. The third-order valence-corrected chi connectivity index (χ3v) is 2.39. The molecule has 4 N–H and O–H groups in total. The summed E-state index contributed by atoms with van der Waals surface area (Å²) in [5, 5.41) is 0. The normalized spacial score (nSPS) is 12.9. The molecule has 0 bridgehead atoms. The minimum Gasteiger partial charge on any atom is -0.383 e. The summed E-state index contributed by atoms with van der Waals surface area (Å²) >= 11 is 0. The summed E-state index contributed by atoms with van der Waals surface area (Å²) in [4.78, 5) is 8.72. The maximum atomic E-state index is 5.97. The van der Waals surface area contributed by atoms with Crippen LogP contribution >= 0.6 is 0 Å². The second-order valence-corrected chi connectivity index (χ2v) is 6.19. The zero-order valence-corrected chi connectivity index (χ0v) is 11.0. The van der Waals surface area contributed by atoms with E-state index in [1.165, 1.54) is 0 Å². The lowest BCUT2D eigenvalue weighted by Crippen LogP contribution is -2.24. The topological polar surface area (TPSA) is 77.8 Å². The van der Waals surface area contributed by atoms with Gasteiger partial charge >= 0.3 is 0 Å². The van der Waals surface area contributed by atoms with Gasteiger partial charge in [0.1, 0.15) is 17.5 Å². The van der Waals surface area contributed by atoms with Crippen molar-refractivity contribution in [1.82, 2.24) is 9.97 Å². The van der Waals surface area contributed by atoms with E-state index in [0.717, 1.165) is 5.56 Å². The number of nitrogens with zero attached hydrogens (tertiary/aromatic N) is 2. The van der Waals surface area contributed by atoms with E-state index in [-0.39, 0.29) is 10.8 Å². The zero-order chi connectivity index (χ0) is 12.7. The molecule has 0 spiro atoms. The first-order valence-corrected chi connectivity index (χ1v) is 5.47. The predicted molar refractivity (Wildman–Crippen MR) is 68.3 cm³/mol. The molecule has 0 aliphatic carbocycles. The van der Waals surface area contributed by atoms with E-state index in [0.29, 0.717) is 17.5 Å². The van der Waals surface area contributed by atoms with Gasteiger partial charge in [-0.05, 0) is 5.41 Å². The highest BCUT2D eigenvalue weighted by atomic mass is 15.0. The fourth-order valence-electron chi connectivity index (χ4n) is 1.60. The summed E-state index contributed by atoms with van der Waals surface area (Å²) in [7, 11) is 0. The lowest BCUT2D eigenvalue weighted by molar-refractivity contribution is 0.537. The highest BCUT2D eigenvalue weighted by molar-refractivity contribution is 5.57. The van der Waals surface area contributed by atoms with Crippen molar-refractivity contribution in [3.8, 4) is 0 Å². The molecule has 0 aromatic carbocycles. The molecule has 1 rings (SSSR count). The van der Waals surface area contributed by atoms with Crippen molar-refractivity contribution < 1.29 is 0 Å². The van der Waals surface area contributed by atoms with Crippen molar-refractivity contribution in [2.24, 2.45) is 0 Å². The monoisotopic (exact) mass is 222 g/mol. The first-order valence-electron chi connectivity index (χ1n) is 5.47. The number of hydrogen-bond acceptors (Lipinski definition) is 4. The Morgan fingerprint density at radius 1 is 0.750 bits per heavy atom. The van der Waals surface area contributed by atoms with E-state index in [2.05, 4.69) is 30.7 Å². The van der Waals surface area contributed by atoms with Gasteiger partial charge in [0.25, 0.3) is 0 Å². The standard InChI is InChI=1S/C12H22N4/c1-11(2,3)7-8(13)15-10(12(4,5)6)16-9(7)14/h1-6H3,(H4,13,14,15,16). The maximum absolute atomic E-state index is 5.97. The number of anilines is 2. The summed E-state index contributed by atoms with van der Waals surface area (Å²) in [6.07, 6.45) is 0. The van der Waals surface area contributed by atoms with Gasteiger partial charge in [-0.1, -0.05) is 41.5 Å². The minimum atomic E-state index is -0.140. The van der Waals surface area contributed by atoms with Crippen molar-refractivity contribution in [1.29, 1.82) is 0 Å². The lowest BCUT2D eigenvalue weighted by atomic mass is 9.87. The van der Waals surface area contributed by atoms with Crippen LogP contribution in [0.4, 0.5) is 11.6 Å². The van der Waals surface area contributed by atoms with Crippen LogP contribution in [0.15, 0.2) is 0 Å². The molecular weight excluding hydrogens is 200 g/mol. The number of hydrogen-bond donors (Lipinski definition) is 2. The Bertz CT molecular complexity index is 373. The average molecular weight is 222 g/mol. The summed E-state index contributed by atoms with van der Waals surface area (Å²) in [5.74, 6) is 1.67. The molecular formula is C12H22N4. The molecule has 1 heterocycles. The second kappa shape index (κ2) is 3.61. The van der Waals surface area contributed by atoms with Gasteiger partial charge < -0.3 is 11.5 Å². The maximum Gasteiger partial charge on any atom is 0.138 e. The third-order valence-electron chi connectivity index (χ3n) is 2.39. The van der Waals surface area contributed by atoms with E-state index in [9.17, 15) is 0 Å². The lowest BCUT2D eigenvalue weighted by Gasteiger charge is -2.25. The minimum absolute atomic E-state index is 0.134. The molecule has 90 valence electrons. The molecule has 1 aromatic rings. The van der Waals surface area contributed by atoms with Gasteiger partial charge in [-0.2, -0.15) is 0 Å². The molecule has 0 aliphatic heterocycles. The van der Waals surface area contributed by atoms with Crippen molar-refractivity contribution in [2.45, 2.75) is 52.4 Å². The van der Waals surface area contributed by atoms with Crippen LogP contribution in [0.3, 0.4) is 0 Å². The summed E-state index contributed by atoms with van der Waals surface area (Å²) in [6, 6.07) is 0. The van der Waals surface area contributed by atoms with Gasteiger partial charge in [-0.15, -0.1) is 0 Å². The summed E-state index contributed by atoms with van der Waals surface area (Å²) < 4.78 is 0. The molecule has 0 saturated carbocycles. The predicted octanol–water partition coefficient (Wildman–Crippen LogP) is 2.24. The molecule has 16 heavy (non-hydrogen) atoms. The Morgan fingerprint density at radius 3 is 1.38 bits per heavy atom. The van der Waals surface area contributed by atoms with E-state index in [4.69, 9.17) is 11.5 Å². The van der Waals surface area contributed by atoms with E-state index in [1.54, 1.807) is 0 Å². The van der Waals surface area contributed by atoms with Crippen molar-refractivity contribution in [3.05, 3.63) is 11.4 Å². The van der Waals surface area contributed by atoms with Crippen molar-refractivity contribution in [3.63, 3.8) is 0 Å². The Kier molecular flexibility index (Phi) is 2.88. The molecule has 0 fully saturated rings. The molecule has 0 unspecified atom stereocenters. The number of rotatable bonds is 0. The van der Waals surface area contributed by atoms with Gasteiger partial charge in [0, 0.05) is 11.0 Å². The molecule has 4 heteroatoms. The Hall–Kier alpha value is -1.32. The van der Waals surface area contributed by atoms with Crippen molar-refractivity contribution >= 4 is 11.6 Å². The third kappa shape index (κ3) is 2.43. The van der Waals surface area contributed by atoms with Crippen LogP contribution in [0.1, 0.15) is 52.9 Å². The Labute approximate surface area is 97.5 Å².